The van der Waals surface area contributed by atoms with Crippen molar-refractivity contribution in [2.45, 2.75) is 40.5 Å². The van der Waals surface area contributed by atoms with Crippen molar-refractivity contribution in [2.75, 3.05) is 20.1 Å². The maximum Gasteiger partial charge on any atom is 0.225 e. The summed E-state index contributed by atoms with van der Waals surface area (Å²) in [5, 5.41) is 2.83. The van der Waals surface area contributed by atoms with Crippen LogP contribution in [0.5, 0.6) is 0 Å². The minimum absolute atomic E-state index is 0.0313. The Balaban J connectivity index is 3.70. The Labute approximate surface area is 98.4 Å². The zero-order valence-electron chi connectivity index (χ0n) is 11.1. The monoisotopic (exact) mass is 228 g/mol. The molecule has 16 heavy (non-hydrogen) atoms. The molecule has 0 saturated carbocycles. The fourth-order valence-electron chi connectivity index (χ4n) is 1.07. The summed E-state index contributed by atoms with van der Waals surface area (Å²) in [6.07, 6.45) is 1.19. The molecule has 0 aromatic heterocycles. The van der Waals surface area contributed by atoms with E-state index in [2.05, 4.69) is 5.32 Å². The van der Waals surface area contributed by atoms with Crippen molar-refractivity contribution in [1.29, 1.82) is 0 Å². The number of carbonyl (C=O) groups is 2. The van der Waals surface area contributed by atoms with Crippen molar-refractivity contribution in [3.8, 4) is 0 Å². The highest BCUT2D eigenvalue weighted by Crippen LogP contribution is 2.12. The lowest BCUT2D eigenvalue weighted by molar-refractivity contribution is -0.131. The van der Waals surface area contributed by atoms with Gasteiger partial charge < -0.3 is 10.2 Å². The minimum atomic E-state index is -0.357. The normalized spacial score (nSPS) is 11.1. The van der Waals surface area contributed by atoms with Gasteiger partial charge in [-0.05, 0) is 13.3 Å². The lowest BCUT2D eigenvalue weighted by Gasteiger charge is -2.18. The number of carbonyl (C=O) groups excluding carboxylic acids is 2. The van der Waals surface area contributed by atoms with Crippen LogP contribution >= 0.6 is 0 Å². The Morgan fingerprint density at radius 2 is 1.81 bits per heavy atom. The van der Waals surface area contributed by atoms with Gasteiger partial charge in [0.15, 0.2) is 0 Å². The van der Waals surface area contributed by atoms with Gasteiger partial charge in [0.05, 0.1) is 0 Å². The van der Waals surface area contributed by atoms with Gasteiger partial charge in [0, 0.05) is 32.0 Å². The van der Waals surface area contributed by atoms with Crippen LogP contribution in [0.15, 0.2) is 0 Å². The van der Waals surface area contributed by atoms with Gasteiger partial charge in [-0.1, -0.05) is 20.8 Å². The summed E-state index contributed by atoms with van der Waals surface area (Å²) in [7, 11) is 1.79. The molecule has 0 saturated heterocycles. The topological polar surface area (TPSA) is 49.4 Å². The lowest BCUT2D eigenvalue weighted by Crippen LogP contribution is -2.36. The molecular weight excluding hydrogens is 204 g/mol. The molecule has 4 nitrogen and oxygen atoms in total. The predicted molar refractivity (Wildman–Crippen MR) is 65.0 cm³/mol. The van der Waals surface area contributed by atoms with Crippen LogP contribution in [0.4, 0.5) is 0 Å². The fourth-order valence-corrected chi connectivity index (χ4v) is 1.07. The predicted octanol–water partition coefficient (Wildman–Crippen LogP) is 1.41. The van der Waals surface area contributed by atoms with Gasteiger partial charge >= 0.3 is 0 Å². The zero-order chi connectivity index (χ0) is 12.8. The average molecular weight is 228 g/mol. The number of nitrogens with zero attached hydrogens (tertiary/aromatic N) is 1. The molecule has 0 heterocycles. The van der Waals surface area contributed by atoms with E-state index in [0.717, 1.165) is 6.54 Å². The maximum atomic E-state index is 11.5. The highest BCUT2D eigenvalue weighted by molar-refractivity contribution is 5.81. The summed E-state index contributed by atoms with van der Waals surface area (Å²) in [6, 6.07) is 0. The Morgan fingerprint density at radius 3 is 2.25 bits per heavy atom. The standard InChI is InChI=1S/C12H24N2O2/c1-6-14(5)10(15)8-7-9-13-11(16)12(2,3)4/h6-9H2,1-5H3,(H,13,16). The third-order valence-corrected chi connectivity index (χ3v) is 2.43. The third-order valence-electron chi connectivity index (χ3n) is 2.43. The van der Waals surface area contributed by atoms with E-state index in [1.54, 1.807) is 11.9 Å². The van der Waals surface area contributed by atoms with Crippen LogP contribution in [-0.4, -0.2) is 36.9 Å². The SMILES string of the molecule is CCN(C)C(=O)CCCNC(=O)C(C)(C)C. The van der Waals surface area contributed by atoms with Crippen LogP contribution in [0, 0.1) is 5.41 Å². The molecule has 94 valence electrons. The van der Waals surface area contributed by atoms with E-state index in [-0.39, 0.29) is 17.2 Å². The number of hydrogen-bond donors (Lipinski definition) is 1. The first kappa shape index (κ1) is 14.9. The van der Waals surface area contributed by atoms with Crippen molar-refractivity contribution in [3.63, 3.8) is 0 Å². The van der Waals surface area contributed by atoms with Gasteiger partial charge in [-0.3, -0.25) is 9.59 Å². The first-order chi connectivity index (χ1) is 7.29. The van der Waals surface area contributed by atoms with Crippen LogP contribution in [0.1, 0.15) is 40.5 Å². The number of rotatable bonds is 5. The Morgan fingerprint density at radius 1 is 1.25 bits per heavy atom. The van der Waals surface area contributed by atoms with Crippen molar-refractivity contribution >= 4 is 11.8 Å². The van der Waals surface area contributed by atoms with E-state index in [1.165, 1.54) is 0 Å². The Hall–Kier alpha value is -1.06. The lowest BCUT2D eigenvalue weighted by atomic mass is 9.96. The molecule has 0 aromatic rings. The fraction of sp³-hybridized carbons (Fsp3) is 0.833. The van der Waals surface area contributed by atoms with Crippen molar-refractivity contribution in [1.82, 2.24) is 10.2 Å². The second-order valence-corrected chi connectivity index (χ2v) is 5.02. The molecule has 0 atom stereocenters. The Bertz CT molecular complexity index is 244. The van der Waals surface area contributed by atoms with Gasteiger partial charge in [-0.2, -0.15) is 0 Å². The highest BCUT2D eigenvalue weighted by Gasteiger charge is 2.20. The van der Waals surface area contributed by atoms with E-state index < -0.39 is 0 Å². The molecule has 0 radical (unpaired) electrons. The highest BCUT2D eigenvalue weighted by atomic mass is 16.2. The summed E-state index contributed by atoms with van der Waals surface area (Å²) >= 11 is 0. The molecule has 4 heteroatoms. The van der Waals surface area contributed by atoms with E-state index in [9.17, 15) is 9.59 Å². The van der Waals surface area contributed by atoms with Gasteiger partial charge in [0.25, 0.3) is 0 Å². The van der Waals surface area contributed by atoms with Crippen LogP contribution in [0.2, 0.25) is 0 Å². The van der Waals surface area contributed by atoms with E-state index in [1.807, 2.05) is 27.7 Å². The zero-order valence-corrected chi connectivity index (χ0v) is 11.1. The second kappa shape index (κ2) is 6.51. The smallest absolute Gasteiger partial charge is 0.225 e. The first-order valence-corrected chi connectivity index (χ1v) is 5.81. The van der Waals surface area contributed by atoms with Crippen LogP contribution in [-0.2, 0) is 9.59 Å². The molecule has 0 unspecified atom stereocenters. The molecule has 0 aliphatic rings. The molecule has 0 aliphatic heterocycles. The van der Waals surface area contributed by atoms with E-state index in [4.69, 9.17) is 0 Å². The van der Waals surface area contributed by atoms with E-state index >= 15 is 0 Å². The number of hydrogen-bond acceptors (Lipinski definition) is 2. The van der Waals surface area contributed by atoms with Crippen LogP contribution in [0.3, 0.4) is 0 Å². The molecule has 0 bridgehead atoms. The van der Waals surface area contributed by atoms with E-state index in [0.29, 0.717) is 19.4 Å². The quantitative estimate of drug-likeness (QED) is 0.723. The Kier molecular flexibility index (Phi) is 6.08. The summed E-state index contributed by atoms with van der Waals surface area (Å²) in [5.74, 6) is 0.163. The molecule has 0 spiro atoms. The molecule has 0 aliphatic carbocycles. The van der Waals surface area contributed by atoms with Gasteiger partial charge in [0.2, 0.25) is 11.8 Å². The third kappa shape index (κ3) is 5.73. The van der Waals surface area contributed by atoms with Crippen molar-refractivity contribution in [2.24, 2.45) is 5.41 Å². The van der Waals surface area contributed by atoms with Crippen LogP contribution < -0.4 is 5.32 Å². The number of nitrogens with one attached hydrogen (secondary N) is 1. The summed E-state index contributed by atoms with van der Waals surface area (Å²) in [4.78, 5) is 24.6. The number of amides is 2. The van der Waals surface area contributed by atoms with Crippen LogP contribution in [0.25, 0.3) is 0 Å². The molecular formula is C12H24N2O2. The molecule has 2 amide bonds. The minimum Gasteiger partial charge on any atom is -0.356 e. The average Bonchev–Trinajstić information content (AvgIpc) is 2.20. The summed E-state index contributed by atoms with van der Waals surface area (Å²) in [6.45, 7) is 8.86. The molecule has 1 N–H and O–H groups in total. The second-order valence-electron chi connectivity index (χ2n) is 5.02. The molecule has 0 fully saturated rings. The van der Waals surface area contributed by atoms with Gasteiger partial charge in [-0.15, -0.1) is 0 Å². The maximum absolute atomic E-state index is 11.5. The largest absolute Gasteiger partial charge is 0.356 e. The first-order valence-electron chi connectivity index (χ1n) is 5.81. The van der Waals surface area contributed by atoms with Crippen molar-refractivity contribution < 1.29 is 9.59 Å². The molecule has 0 rings (SSSR count). The summed E-state index contributed by atoms with van der Waals surface area (Å²) in [5.41, 5.74) is -0.357. The summed E-state index contributed by atoms with van der Waals surface area (Å²) < 4.78 is 0. The van der Waals surface area contributed by atoms with Gasteiger partial charge in [0.1, 0.15) is 0 Å². The van der Waals surface area contributed by atoms with Gasteiger partial charge in [-0.25, -0.2) is 0 Å². The van der Waals surface area contributed by atoms with Crippen molar-refractivity contribution in [3.05, 3.63) is 0 Å². The molecule has 0 aromatic carbocycles.